The molecule has 0 saturated heterocycles. The van der Waals surface area contributed by atoms with Crippen LogP contribution in [0.25, 0.3) is 0 Å². The highest BCUT2D eigenvalue weighted by atomic mass is 19.1. The molecule has 2 atom stereocenters. The van der Waals surface area contributed by atoms with E-state index in [0.29, 0.717) is 30.0 Å². The van der Waals surface area contributed by atoms with Crippen LogP contribution in [0.4, 0.5) is 9.18 Å². The highest BCUT2D eigenvalue weighted by Gasteiger charge is 2.37. The summed E-state index contributed by atoms with van der Waals surface area (Å²) < 4.78 is 24.8. The van der Waals surface area contributed by atoms with Crippen LogP contribution in [0.1, 0.15) is 36.8 Å². The molecule has 1 aliphatic heterocycles. The minimum absolute atomic E-state index is 0.173. The van der Waals surface area contributed by atoms with Gasteiger partial charge in [0.25, 0.3) is 0 Å². The number of nitrogens with one attached hydrogen (secondary N) is 2. The zero-order valence-electron chi connectivity index (χ0n) is 16.9. The predicted molar refractivity (Wildman–Crippen MR) is 103 cm³/mol. The van der Waals surface area contributed by atoms with Crippen molar-refractivity contribution in [2.45, 2.75) is 32.4 Å². The minimum atomic E-state index is -0.811. The fourth-order valence-corrected chi connectivity index (χ4v) is 3.51. The number of nitrogens with zero attached hydrogens (tertiary/aromatic N) is 2. The molecule has 0 bridgehead atoms. The van der Waals surface area contributed by atoms with Crippen molar-refractivity contribution in [2.75, 3.05) is 20.8 Å². The van der Waals surface area contributed by atoms with Crippen molar-refractivity contribution in [3.05, 3.63) is 47.3 Å². The number of ether oxygens (including phenoxy) is 2. The number of aromatic nitrogens is 2. The summed E-state index contributed by atoms with van der Waals surface area (Å²) in [5.74, 6) is -0.825. The van der Waals surface area contributed by atoms with Crippen LogP contribution in [0.2, 0.25) is 0 Å². The summed E-state index contributed by atoms with van der Waals surface area (Å²) in [6.45, 7) is 3.96. The van der Waals surface area contributed by atoms with Crippen LogP contribution >= 0.6 is 0 Å². The van der Waals surface area contributed by atoms with Crippen LogP contribution in [-0.2, 0) is 16.0 Å². The lowest BCUT2D eigenvalue weighted by Gasteiger charge is -2.36. The first-order valence-corrected chi connectivity index (χ1v) is 9.37. The van der Waals surface area contributed by atoms with Crippen LogP contribution in [0.3, 0.4) is 0 Å². The normalized spacial score (nSPS) is 16.9. The lowest BCUT2D eigenvalue weighted by molar-refractivity contribution is -0.144. The Hall–Kier alpha value is -3.10. The SMILES string of the molecule is COC(=O)C(NC(=O)N1CCc2[nH]cnc2C1c1ccc(OC)cc1F)C(C)C. The third-order valence-electron chi connectivity index (χ3n) is 5.09. The van der Waals surface area contributed by atoms with E-state index < -0.39 is 29.9 Å². The van der Waals surface area contributed by atoms with Crippen molar-refractivity contribution in [3.63, 3.8) is 0 Å². The molecular formula is C20H25FN4O4. The van der Waals surface area contributed by atoms with E-state index >= 15 is 0 Å². The number of hydrogen-bond donors (Lipinski definition) is 2. The first-order valence-electron chi connectivity index (χ1n) is 9.37. The molecule has 2 N–H and O–H groups in total. The molecular weight excluding hydrogens is 379 g/mol. The molecule has 1 aromatic carbocycles. The summed E-state index contributed by atoms with van der Waals surface area (Å²) in [5.41, 5.74) is 1.73. The second-order valence-electron chi connectivity index (χ2n) is 7.19. The molecule has 156 valence electrons. The van der Waals surface area contributed by atoms with E-state index in [1.54, 1.807) is 12.1 Å². The molecule has 29 heavy (non-hydrogen) atoms. The number of urea groups is 1. The fraction of sp³-hybridized carbons (Fsp3) is 0.450. The summed E-state index contributed by atoms with van der Waals surface area (Å²) in [6.07, 6.45) is 2.08. The number of methoxy groups -OCH3 is 2. The highest BCUT2D eigenvalue weighted by Crippen LogP contribution is 2.35. The largest absolute Gasteiger partial charge is 0.497 e. The number of halogens is 1. The van der Waals surface area contributed by atoms with Crippen molar-refractivity contribution >= 4 is 12.0 Å². The summed E-state index contributed by atoms with van der Waals surface area (Å²) >= 11 is 0. The van der Waals surface area contributed by atoms with Crippen LogP contribution in [-0.4, -0.2) is 53.7 Å². The summed E-state index contributed by atoms with van der Waals surface area (Å²) in [4.78, 5) is 34.0. The van der Waals surface area contributed by atoms with Gasteiger partial charge in [0.2, 0.25) is 0 Å². The zero-order chi connectivity index (χ0) is 21.1. The lowest BCUT2D eigenvalue weighted by atomic mass is 9.95. The number of esters is 1. The van der Waals surface area contributed by atoms with Gasteiger partial charge in [-0.3, -0.25) is 0 Å². The van der Waals surface area contributed by atoms with E-state index in [9.17, 15) is 14.0 Å². The number of amides is 2. The molecule has 8 nitrogen and oxygen atoms in total. The number of hydrogen-bond acceptors (Lipinski definition) is 5. The van der Waals surface area contributed by atoms with Gasteiger partial charge in [0.15, 0.2) is 0 Å². The van der Waals surface area contributed by atoms with Gasteiger partial charge in [-0.1, -0.05) is 13.8 Å². The van der Waals surface area contributed by atoms with Crippen molar-refractivity contribution in [2.24, 2.45) is 5.92 Å². The van der Waals surface area contributed by atoms with Gasteiger partial charge < -0.3 is 24.7 Å². The fourth-order valence-electron chi connectivity index (χ4n) is 3.51. The molecule has 0 spiro atoms. The Bertz CT molecular complexity index is 898. The Balaban J connectivity index is 1.97. The summed E-state index contributed by atoms with van der Waals surface area (Å²) in [6, 6.07) is 2.47. The molecule has 2 amide bonds. The third kappa shape index (κ3) is 4.03. The molecule has 3 rings (SSSR count). The maximum atomic E-state index is 14.9. The molecule has 1 aliphatic rings. The Labute approximate surface area is 168 Å². The van der Waals surface area contributed by atoms with Crippen LogP contribution in [0, 0.1) is 11.7 Å². The average Bonchev–Trinajstić information content (AvgIpc) is 3.19. The molecule has 2 unspecified atom stereocenters. The standard InChI is InChI=1S/C20H25FN4O4/c1-11(2)16(19(26)29-4)24-20(27)25-8-7-15-17(23-10-22-15)18(25)13-6-5-12(28-3)9-14(13)21/h5-6,9-11,16,18H,7-8H2,1-4H3,(H,22,23)(H,24,27). The Kier molecular flexibility index (Phi) is 6.05. The lowest BCUT2D eigenvalue weighted by Crippen LogP contribution is -2.53. The van der Waals surface area contributed by atoms with Crippen molar-refractivity contribution in [1.82, 2.24) is 20.2 Å². The molecule has 0 aliphatic carbocycles. The van der Waals surface area contributed by atoms with Crippen LogP contribution < -0.4 is 10.1 Å². The maximum Gasteiger partial charge on any atom is 0.328 e. The van der Waals surface area contributed by atoms with Gasteiger partial charge >= 0.3 is 12.0 Å². The highest BCUT2D eigenvalue weighted by molar-refractivity contribution is 5.84. The van der Waals surface area contributed by atoms with Crippen molar-refractivity contribution in [1.29, 1.82) is 0 Å². The quantitative estimate of drug-likeness (QED) is 0.746. The number of H-pyrrole nitrogens is 1. The first-order chi connectivity index (χ1) is 13.9. The number of carbonyl (C=O) groups excluding carboxylic acids is 2. The van der Waals surface area contributed by atoms with Gasteiger partial charge in [0.05, 0.1) is 26.2 Å². The van der Waals surface area contributed by atoms with Crippen LogP contribution in [0.5, 0.6) is 5.75 Å². The monoisotopic (exact) mass is 404 g/mol. The number of benzene rings is 1. The molecule has 2 heterocycles. The third-order valence-corrected chi connectivity index (χ3v) is 5.09. The number of carbonyl (C=O) groups is 2. The van der Waals surface area contributed by atoms with Gasteiger partial charge in [-0.15, -0.1) is 0 Å². The number of rotatable bonds is 5. The molecule has 2 aromatic rings. The topological polar surface area (TPSA) is 96.6 Å². The molecule has 0 saturated carbocycles. The van der Waals surface area contributed by atoms with Gasteiger partial charge in [0, 0.05) is 30.3 Å². The minimum Gasteiger partial charge on any atom is -0.497 e. The van der Waals surface area contributed by atoms with Crippen molar-refractivity contribution < 1.29 is 23.5 Å². The number of aromatic amines is 1. The molecule has 9 heteroatoms. The Morgan fingerprint density at radius 1 is 1.34 bits per heavy atom. The number of imidazole rings is 1. The van der Waals surface area contributed by atoms with E-state index in [2.05, 4.69) is 15.3 Å². The van der Waals surface area contributed by atoms with E-state index in [0.717, 1.165) is 5.69 Å². The van der Waals surface area contributed by atoms with Gasteiger partial charge in [-0.05, 0) is 18.1 Å². The maximum absolute atomic E-state index is 14.9. The second kappa shape index (κ2) is 8.50. The predicted octanol–water partition coefficient (Wildman–Crippen LogP) is 2.41. The zero-order valence-corrected chi connectivity index (χ0v) is 16.9. The van der Waals surface area contributed by atoms with Gasteiger partial charge in [0.1, 0.15) is 23.7 Å². The number of fused-ring (bicyclic) bond motifs is 1. The van der Waals surface area contributed by atoms with E-state index in [-0.39, 0.29) is 5.92 Å². The first kappa shape index (κ1) is 20.6. The van der Waals surface area contributed by atoms with Crippen LogP contribution in [0.15, 0.2) is 24.5 Å². The smallest absolute Gasteiger partial charge is 0.328 e. The Morgan fingerprint density at radius 3 is 2.72 bits per heavy atom. The van der Waals surface area contributed by atoms with E-state index in [1.807, 2.05) is 13.8 Å². The summed E-state index contributed by atoms with van der Waals surface area (Å²) in [5, 5.41) is 2.73. The van der Waals surface area contributed by atoms with E-state index in [4.69, 9.17) is 9.47 Å². The molecule has 0 radical (unpaired) electrons. The molecule has 0 fully saturated rings. The molecule has 1 aromatic heterocycles. The van der Waals surface area contributed by atoms with Gasteiger partial charge in [-0.2, -0.15) is 0 Å². The second-order valence-corrected chi connectivity index (χ2v) is 7.19. The van der Waals surface area contributed by atoms with E-state index in [1.165, 1.54) is 31.5 Å². The van der Waals surface area contributed by atoms with Crippen molar-refractivity contribution in [3.8, 4) is 5.75 Å². The Morgan fingerprint density at radius 2 is 2.10 bits per heavy atom. The average molecular weight is 404 g/mol. The summed E-state index contributed by atoms with van der Waals surface area (Å²) in [7, 11) is 2.73. The van der Waals surface area contributed by atoms with Gasteiger partial charge in [-0.25, -0.2) is 19.0 Å².